The van der Waals surface area contributed by atoms with Crippen molar-refractivity contribution in [3.63, 3.8) is 0 Å². The van der Waals surface area contributed by atoms with Crippen molar-refractivity contribution >= 4 is 5.84 Å². The molecule has 76 valence electrons. The van der Waals surface area contributed by atoms with E-state index in [0.29, 0.717) is 12.1 Å². The molecule has 0 fully saturated rings. The van der Waals surface area contributed by atoms with Gasteiger partial charge in [-0.25, -0.2) is 4.39 Å². The zero-order valence-corrected chi connectivity index (χ0v) is 8.34. The van der Waals surface area contributed by atoms with E-state index in [9.17, 15) is 4.39 Å². The monoisotopic (exact) mass is 195 g/mol. The molecule has 0 saturated carbocycles. The molecule has 0 spiro atoms. The third-order valence-electron chi connectivity index (χ3n) is 1.77. The Kier molecular flexibility index (Phi) is 3.19. The molecule has 0 unspecified atom stereocenters. The number of nitrogens with one attached hydrogen (secondary N) is 1. The summed E-state index contributed by atoms with van der Waals surface area (Å²) in [5, 5.41) is 7.21. The van der Waals surface area contributed by atoms with E-state index < -0.39 is 0 Å². The van der Waals surface area contributed by atoms with E-state index in [-0.39, 0.29) is 11.7 Å². The van der Waals surface area contributed by atoms with Crippen LogP contribution in [0, 0.1) is 11.2 Å². The van der Waals surface area contributed by atoms with Crippen LogP contribution in [0.5, 0.6) is 0 Å². The van der Waals surface area contributed by atoms with Crippen LogP contribution >= 0.6 is 0 Å². The number of nitrogen functional groups attached to an aromatic ring is 1. The fraction of sp³-hybridized carbons (Fsp3) is 0.300. The third kappa shape index (κ3) is 2.81. The van der Waals surface area contributed by atoms with E-state index in [1.54, 1.807) is 6.07 Å². The van der Waals surface area contributed by atoms with Gasteiger partial charge in [-0.05, 0) is 37.9 Å². The lowest BCUT2D eigenvalue weighted by Crippen LogP contribution is -2.14. The van der Waals surface area contributed by atoms with Crippen LogP contribution in [0.1, 0.15) is 11.1 Å². The van der Waals surface area contributed by atoms with E-state index >= 15 is 0 Å². The Morgan fingerprint density at radius 1 is 1.43 bits per heavy atom. The van der Waals surface area contributed by atoms with Crippen LogP contribution in [0.4, 0.5) is 4.39 Å². The maximum absolute atomic E-state index is 13.1. The summed E-state index contributed by atoms with van der Waals surface area (Å²) in [7, 11) is 3.80. The Morgan fingerprint density at radius 3 is 2.57 bits per heavy atom. The first kappa shape index (κ1) is 10.7. The molecule has 1 rings (SSSR count). The summed E-state index contributed by atoms with van der Waals surface area (Å²) in [4.78, 5) is 1.93. The average Bonchev–Trinajstić information content (AvgIpc) is 2.01. The maximum atomic E-state index is 13.1. The van der Waals surface area contributed by atoms with Crippen LogP contribution in [0.2, 0.25) is 0 Å². The van der Waals surface area contributed by atoms with E-state index in [2.05, 4.69) is 0 Å². The predicted octanol–water partition coefficient (Wildman–Crippen LogP) is 1.17. The molecule has 1 aromatic rings. The lowest BCUT2D eigenvalue weighted by atomic mass is 10.1. The van der Waals surface area contributed by atoms with Crippen molar-refractivity contribution in [2.24, 2.45) is 5.73 Å². The van der Waals surface area contributed by atoms with Gasteiger partial charge in [0, 0.05) is 12.1 Å². The van der Waals surface area contributed by atoms with Gasteiger partial charge in [0.1, 0.15) is 11.7 Å². The highest BCUT2D eigenvalue weighted by molar-refractivity contribution is 5.95. The minimum Gasteiger partial charge on any atom is -0.384 e. The van der Waals surface area contributed by atoms with E-state index in [1.165, 1.54) is 12.1 Å². The molecule has 4 heteroatoms. The van der Waals surface area contributed by atoms with Gasteiger partial charge in [-0.15, -0.1) is 0 Å². The summed E-state index contributed by atoms with van der Waals surface area (Å²) in [6.45, 7) is 0.637. The number of nitrogens with zero attached hydrogens (tertiary/aromatic N) is 1. The van der Waals surface area contributed by atoms with Crippen molar-refractivity contribution in [1.29, 1.82) is 5.41 Å². The quantitative estimate of drug-likeness (QED) is 0.562. The highest BCUT2D eigenvalue weighted by atomic mass is 19.1. The van der Waals surface area contributed by atoms with E-state index in [4.69, 9.17) is 11.1 Å². The summed E-state index contributed by atoms with van der Waals surface area (Å²) in [5.41, 5.74) is 6.54. The summed E-state index contributed by atoms with van der Waals surface area (Å²) < 4.78 is 13.1. The minimum atomic E-state index is -0.352. The highest BCUT2D eigenvalue weighted by Crippen LogP contribution is 2.10. The van der Waals surface area contributed by atoms with Crippen molar-refractivity contribution < 1.29 is 4.39 Å². The van der Waals surface area contributed by atoms with Crippen molar-refractivity contribution in [3.05, 3.63) is 35.1 Å². The summed E-state index contributed by atoms with van der Waals surface area (Å²) in [5.74, 6) is -0.459. The molecule has 0 aliphatic heterocycles. The van der Waals surface area contributed by atoms with Gasteiger partial charge >= 0.3 is 0 Å². The van der Waals surface area contributed by atoms with Crippen LogP contribution < -0.4 is 5.73 Å². The Bertz CT molecular complexity index is 347. The molecule has 0 amide bonds. The van der Waals surface area contributed by atoms with Crippen LogP contribution in [-0.2, 0) is 6.54 Å². The van der Waals surface area contributed by atoms with E-state index in [0.717, 1.165) is 5.56 Å². The van der Waals surface area contributed by atoms with Gasteiger partial charge in [0.15, 0.2) is 0 Å². The van der Waals surface area contributed by atoms with Gasteiger partial charge in [0.25, 0.3) is 0 Å². The number of hydrogen-bond donors (Lipinski definition) is 2. The smallest absolute Gasteiger partial charge is 0.124 e. The normalized spacial score (nSPS) is 10.6. The molecule has 0 aliphatic rings. The first-order valence-corrected chi connectivity index (χ1v) is 4.27. The van der Waals surface area contributed by atoms with Gasteiger partial charge in [-0.3, -0.25) is 5.41 Å². The molecule has 14 heavy (non-hydrogen) atoms. The van der Waals surface area contributed by atoms with Crippen molar-refractivity contribution in [2.45, 2.75) is 6.54 Å². The average molecular weight is 195 g/mol. The number of benzene rings is 1. The fourth-order valence-corrected chi connectivity index (χ4v) is 1.26. The molecule has 3 N–H and O–H groups in total. The molecule has 0 aliphatic carbocycles. The highest BCUT2D eigenvalue weighted by Gasteiger charge is 2.03. The van der Waals surface area contributed by atoms with Gasteiger partial charge < -0.3 is 10.6 Å². The molecule has 0 heterocycles. The second kappa shape index (κ2) is 4.19. The largest absolute Gasteiger partial charge is 0.384 e. The Labute approximate surface area is 82.8 Å². The van der Waals surface area contributed by atoms with Gasteiger partial charge in [0.05, 0.1) is 0 Å². The number of halogens is 1. The molecule has 0 radical (unpaired) electrons. The minimum absolute atomic E-state index is 0.107. The number of nitrogens with two attached hydrogens (primary N) is 1. The first-order chi connectivity index (χ1) is 6.49. The Morgan fingerprint density at radius 2 is 2.07 bits per heavy atom. The lowest BCUT2D eigenvalue weighted by molar-refractivity contribution is 0.401. The standard InChI is InChI=1S/C10H14FN3/c1-14(2)6-7-3-8(10(12)13)5-9(11)4-7/h3-5H,6H2,1-2H3,(H3,12,13). The zero-order valence-electron chi connectivity index (χ0n) is 8.34. The van der Waals surface area contributed by atoms with Crippen LogP contribution in [-0.4, -0.2) is 24.8 Å². The Hall–Kier alpha value is -1.42. The molecule has 0 aromatic heterocycles. The second-order valence-electron chi connectivity index (χ2n) is 3.50. The molecular formula is C10H14FN3. The van der Waals surface area contributed by atoms with Gasteiger partial charge in [-0.1, -0.05) is 0 Å². The van der Waals surface area contributed by atoms with Crippen molar-refractivity contribution in [2.75, 3.05) is 14.1 Å². The van der Waals surface area contributed by atoms with Gasteiger partial charge in [-0.2, -0.15) is 0 Å². The maximum Gasteiger partial charge on any atom is 0.124 e. The third-order valence-corrected chi connectivity index (χ3v) is 1.77. The number of amidine groups is 1. The van der Waals surface area contributed by atoms with Crippen molar-refractivity contribution in [3.8, 4) is 0 Å². The van der Waals surface area contributed by atoms with Crippen LogP contribution in [0.15, 0.2) is 18.2 Å². The predicted molar refractivity (Wildman–Crippen MR) is 54.8 cm³/mol. The number of hydrogen-bond acceptors (Lipinski definition) is 2. The molecule has 1 aromatic carbocycles. The first-order valence-electron chi connectivity index (χ1n) is 4.27. The summed E-state index contributed by atoms with van der Waals surface area (Å²) >= 11 is 0. The SMILES string of the molecule is CN(C)Cc1cc(F)cc(C(=N)N)c1. The number of rotatable bonds is 3. The molecule has 3 nitrogen and oxygen atoms in total. The van der Waals surface area contributed by atoms with Crippen LogP contribution in [0.25, 0.3) is 0 Å². The van der Waals surface area contributed by atoms with E-state index in [1.807, 2.05) is 19.0 Å². The Balaban J connectivity index is 3.01. The van der Waals surface area contributed by atoms with Gasteiger partial charge in [0.2, 0.25) is 0 Å². The zero-order chi connectivity index (χ0) is 10.7. The topological polar surface area (TPSA) is 53.1 Å². The molecule has 0 atom stereocenters. The summed E-state index contributed by atoms with van der Waals surface area (Å²) in [6.07, 6.45) is 0. The second-order valence-corrected chi connectivity index (χ2v) is 3.50. The van der Waals surface area contributed by atoms with Crippen molar-refractivity contribution in [1.82, 2.24) is 4.90 Å². The molecule has 0 saturated heterocycles. The fourth-order valence-electron chi connectivity index (χ4n) is 1.26. The lowest BCUT2D eigenvalue weighted by Gasteiger charge is -2.10. The molecular weight excluding hydrogens is 181 g/mol. The molecule has 0 bridgehead atoms. The summed E-state index contributed by atoms with van der Waals surface area (Å²) in [6, 6.07) is 4.44. The van der Waals surface area contributed by atoms with Crippen LogP contribution in [0.3, 0.4) is 0 Å².